The molecule has 5 rings (SSSR count). The summed E-state index contributed by atoms with van der Waals surface area (Å²) in [6, 6.07) is 23.7. The molecule has 2 aliphatic rings. The van der Waals surface area contributed by atoms with Crippen LogP contribution in [0, 0.1) is 18.3 Å². The van der Waals surface area contributed by atoms with Crippen LogP contribution in [-0.2, 0) is 4.79 Å². The molecule has 36 heavy (non-hydrogen) atoms. The zero-order valence-electron chi connectivity index (χ0n) is 20.3. The third-order valence-electron chi connectivity index (χ3n) is 5.90. The second-order valence-corrected chi connectivity index (χ2v) is 10.3. The molecule has 6 nitrogen and oxygen atoms in total. The Kier molecular flexibility index (Phi) is 6.77. The third kappa shape index (κ3) is 4.36. The Hall–Kier alpha value is -3.67. The number of hydrogen-bond donors (Lipinski definition) is 1. The van der Waals surface area contributed by atoms with Crippen LogP contribution < -0.4 is 15.1 Å². The maximum atomic E-state index is 14.0. The molecule has 3 aromatic rings. The predicted molar refractivity (Wildman–Crippen MR) is 151 cm³/mol. The van der Waals surface area contributed by atoms with Gasteiger partial charge in [0.2, 0.25) is 0 Å². The molecular formula is C28H25N5OS2. The number of fused-ring (bicyclic) bond motifs is 1. The van der Waals surface area contributed by atoms with E-state index in [0.717, 1.165) is 39.1 Å². The first kappa shape index (κ1) is 24.0. The van der Waals surface area contributed by atoms with Crippen LogP contribution in [0.1, 0.15) is 25.0 Å². The van der Waals surface area contributed by atoms with E-state index in [1.807, 2.05) is 56.3 Å². The number of nitriles is 1. The van der Waals surface area contributed by atoms with Crippen LogP contribution in [0.15, 0.2) is 86.6 Å². The highest BCUT2D eigenvalue weighted by molar-refractivity contribution is 8.20. The fourth-order valence-electron chi connectivity index (χ4n) is 4.15. The summed E-state index contributed by atoms with van der Waals surface area (Å²) in [5.41, 5.74) is 4.96. The molecule has 0 unspecified atom stereocenters. The van der Waals surface area contributed by atoms with E-state index < -0.39 is 0 Å². The number of nitrogens with one attached hydrogen (secondary N) is 1. The molecular weight excluding hydrogens is 486 g/mol. The van der Waals surface area contributed by atoms with E-state index in [9.17, 15) is 10.1 Å². The SMILES string of the molecule is CCNc1ccc(C#N)cc1N=C1S/C(=C2\Sc3ccccc3N2CC)C(=O)N1c1ccc(C)cc1. The highest BCUT2D eigenvalue weighted by atomic mass is 32.2. The third-order valence-corrected chi connectivity index (χ3v) is 8.24. The molecule has 0 aromatic heterocycles. The predicted octanol–water partition coefficient (Wildman–Crippen LogP) is 6.87. The van der Waals surface area contributed by atoms with Gasteiger partial charge in [-0.15, -0.1) is 0 Å². The van der Waals surface area contributed by atoms with Crippen molar-refractivity contribution in [1.29, 1.82) is 5.26 Å². The van der Waals surface area contributed by atoms with Gasteiger partial charge in [-0.1, -0.05) is 41.6 Å². The highest BCUT2D eigenvalue weighted by Gasteiger charge is 2.40. The lowest BCUT2D eigenvalue weighted by atomic mass is 10.2. The summed E-state index contributed by atoms with van der Waals surface area (Å²) in [4.78, 5) is 24.6. The van der Waals surface area contributed by atoms with Crippen LogP contribution in [-0.4, -0.2) is 24.2 Å². The molecule has 180 valence electrons. The van der Waals surface area contributed by atoms with Crippen LogP contribution in [0.3, 0.4) is 0 Å². The lowest BCUT2D eigenvalue weighted by Crippen LogP contribution is -2.29. The van der Waals surface area contributed by atoms with Crippen LogP contribution in [0.4, 0.5) is 22.7 Å². The van der Waals surface area contributed by atoms with Gasteiger partial charge in [0.25, 0.3) is 5.91 Å². The van der Waals surface area contributed by atoms with Gasteiger partial charge in [-0.3, -0.25) is 9.69 Å². The first-order valence-corrected chi connectivity index (χ1v) is 13.4. The van der Waals surface area contributed by atoms with E-state index in [-0.39, 0.29) is 5.91 Å². The van der Waals surface area contributed by atoms with Gasteiger partial charge in [0.15, 0.2) is 5.17 Å². The van der Waals surface area contributed by atoms with E-state index in [1.165, 1.54) is 11.8 Å². The summed E-state index contributed by atoms with van der Waals surface area (Å²) in [6.45, 7) is 7.60. The first-order chi connectivity index (χ1) is 17.5. The van der Waals surface area contributed by atoms with Crippen molar-refractivity contribution in [3.8, 4) is 6.07 Å². The number of nitrogens with zero attached hydrogens (tertiary/aromatic N) is 4. The molecule has 1 saturated heterocycles. The number of hydrogen-bond acceptors (Lipinski definition) is 7. The van der Waals surface area contributed by atoms with Gasteiger partial charge in [-0.25, -0.2) is 4.99 Å². The minimum Gasteiger partial charge on any atom is -0.384 e. The van der Waals surface area contributed by atoms with Crippen molar-refractivity contribution < 1.29 is 4.79 Å². The van der Waals surface area contributed by atoms with Crippen LogP contribution >= 0.6 is 23.5 Å². The standard InChI is InChI=1S/C28H25N5OS2/c1-4-30-21-15-12-19(17-29)16-22(21)31-28-33(20-13-10-18(3)11-14-20)26(34)25(36-28)27-32(5-2)23-8-6-7-9-24(23)35-27/h6-16,30H,4-5H2,1-3H3/b27-25-,31-28?. The molecule has 8 heteroatoms. The summed E-state index contributed by atoms with van der Waals surface area (Å²) in [7, 11) is 0. The normalized spacial score (nSPS) is 18.1. The maximum Gasteiger partial charge on any atom is 0.274 e. The van der Waals surface area contributed by atoms with E-state index in [2.05, 4.69) is 35.3 Å². The summed E-state index contributed by atoms with van der Waals surface area (Å²) >= 11 is 3.00. The molecule has 0 spiro atoms. The second-order valence-electron chi connectivity index (χ2n) is 8.29. The molecule has 0 bridgehead atoms. The number of carbonyl (C=O) groups is 1. The van der Waals surface area contributed by atoms with Gasteiger partial charge in [0.05, 0.1) is 34.4 Å². The lowest BCUT2D eigenvalue weighted by molar-refractivity contribution is -0.113. The van der Waals surface area contributed by atoms with E-state index in [0.29, 0.717) is 27.9 Å². The zero-order valence-corrected chi connectivity index (χ0v) is 21.9. The Morgan fingerprint density at radius 3 is 2.53 bits per heavy atom. The van der Waals surface area contributed by atoms with Crippen molar-refractivity contribution in [2.45, 2.75) is 25.7 Å². The quantitative estimate of drug-likeness (QED) is 0.377. The largest absolute Gasteiger partial charge is 0.384 e. The average Bonchev–Trinajstić information content (AvgIpc) is 3.42. The number of rotatable bonds is 5. The smallest absolute Gasteiger partial charge is 0.274 e. The molecule has 1 fully saturated rings. The molecule has 2 aliphatic heterocycles. The van der Waals surface area contributed by atoms with Crippen molar-refractivity contribution in [1.82, 2.24) is 0 Å². The van der Waals surface area contributed by atoms with Crippen LogP contribution in [0.5, 0.6) is 0 Å². The Labute approximate surface area is 219 Å². The first-order valence-electron chi connectivity index (χ1n) is 11.8. The van der Waals surface area contributed by atoms with Gasteiger partial charge >= 0.3 is 0 Å². The van der Waals surface area contributed by atoms with Gasteiger partial charge < -0.3 is 10.2 Å². The number of amidine groups is 1. The van der Waals surface area contributed by atoms with Crippen molar-refractivity contribution >= 4 is 57.3 Å². The van der Waals surface area contributed by atoms with Gasteiger partial charge in [0, 0.05) is 18.0 Å². The minimum atomic E-state index is -0.0993. The number of anilines is 3. The van der Waals surface area contributed by atoms with E-state index >= 15 is 0 Å². The van der Waals surface area contributed by atoms with Crippen LogP contribution in [0.2, 0.25) is 0 Å². The number of benzene rings is 3. The second kappa shape index (κ2) is 10.1. The molecule has 0 aliphatic carbocycles. The molecule has 3 aromatic carbocycles. The topological polar surface area (TPSA) is 71.7 Å². The molecule has 0 radical (unpaired) electrons. The Bertz CT molecular complexity index is 1440. The minimum absolute atomic E-state index is 0.0993. The Morgan fingerprint density at radius 2 is 1.81 bits per heavy atom. The fourth-order valence-corrected chi connectivity index (χ4v) is 6.54. The zero-order chi connectivity index (χ0) is 25.2. The molecule has 1 amide bonds. The van der Waals surface area contributed by atoms with Crippen molar-refractivity contribution in [2.75, 3.05) is 28.2 Å². The van der Waals surface area contributed by atoms with Crippen molar-refractivity contribution in [3.63, 3.8) is 0 Å². The molecule has 1 N–H and O–H groups in total. The number of thioether (sulfide) groups is 2. The summed E-state index contributed by atoms with van der Waals surface area (Å²) < 4.78 is 0. The van der Waals surface area contributed by atoms with Gasteiger partial charge in [-0.05, 0) is 75.0 Å². The fraction of sp³-hybridized carbons (Fsp3) is 0.179. The number of aliphatic imine (C=N–C) groups is 1. The van der Waals surface area contributed by atoms with Crippen molar-refractivity contribution in [3.05, 3.63) is 87.8 Å². The Balaban J connectivity index is 1.66. The monoisotopic (exact) mass is 511 g/mol. The Morgan fingerprint density at radius 1 is 1.03 bits per heavy atom. The number of para-hydroxylation sites is 1. The van der Waals surface area contributed by atoms with E-state index in [1.54, 1.807) is 28.8 Å². The summed E-state index contributed by atoms with van der Waals surface area (Å²) in [5, 5.41) is 14.3. The maximum absolute atomic E-state index is 14.0. The summed E-state index contributed by atoms with van der Waals surface area (Å²) in [5.74, 6) is -0.0993. The summed E-state index contributed by atoms with van der Waals surface area (Å²) in [6.07, 6.45) is 0. The van der Waals surface area contributed by atoms with Gasteiger partial charge in [0.1, 0.15) is 9.93 Å². The molecule has 0 atom stereocenters. The molecule has 0 saturated carbocycles. The average molecular weight is 512 g/mol. The number of aryl methyl sites for hydroxylation is 1. The van der Waals surface area contributed by atoms with Crippen LogP contribution in [0.25, 0.3) is 0 Å². The van der Waals surface area contributed by atoms with E-state index in [4.69, 9.17) is 4.99 Å². The van der Waals surface area contributed by atoms with Crippen molar-refractivity contribution in [2.24, 2.45) is 4.99 Å². The number of carbonyl (C=O) groups excluding carboxylic acids is 1. The highest BCUT2D eigenvalue weighted by Crippen LogP contribution is 2.51. The lowest BCUT2D eigenvalue weighted by Gasteiger charge is -2.19. The molecule has 2 heterocycles. The van der Waals surface area contributed by atoms with Gasteiger partial charge in [-0.2, -0.15) is 5.26 Å². The number of amides is 1.